The molecule has 0 spiro atoms. The average Bonchev–Trinajstić information content (AvgIpc) is 2.38. The van der Waals surface area contributed by atoms with Gasteiger partial charge in [-0.25, -0.2) is 0 Å². The number of rotatable bonds is 5. The first kappa shape index (κ1) is 14.5. The molecule has 1 aromatic rings. The molecule has 0 saturated carbocycles. The quantitative estimate of drug-likeness (QED) is 0.816. The molecule has 0 aromatic heterocycles. The van der Waals surface area contributed by atoms with Crippen molar-refractivity contribution < 1.29 is 14.3 Å². The maximum absolute atomic E-state index is 11.7. The lowest BCUT2D eigenvalue weighted by Crippen LogP contribution is -2.37. The molecule has 4 nitrogen and oxygen atoms in total. The van der Waals surface area contributed by atoms with Gasteiger partial charge in [-0.05, 0) is 38.5 Å². The van der Waals surface area contributed by atoms with E-state index in [4.69, 9.17) is 15.2 Å². The zero-order valence-corrected chi connectivity index (χ0v) is 11.4. The van der Waals surface area contributed by atoms with Crippen molar-refractivity contribution in [1.29, 1.82) is 0 Å². The van der Waals surface area contributed by atoms with Gasteiger partial charge in [0.05, 0.1) is 19.1 Å². The Morgan fingerprint density at radius 1 is 1.33 bits per heavy atom. The second-order valence-corrected chi connectivity index (χ2v) is 4.69. The van der Waals surface area contributed by atoms with Gasteiger partial charge in [-0.2, -0.15) is 0 Å². The molecule has 0 aliphatic rings. The van der Waals surface area contributed by atoms with E-state index >= 15 is 0 Å². The van der Waals surface area contributed by atoms with Crippen molar-refractivity contribution in [3.05, 3.63) is 29.8 Å². The van der Waals surface area contributed by atoms with E-state index in [0.717, 1.165) is 11.3 Å². The fourth-order valence-corrected chi connectivity index (χ4v) is 1.74. The SMILES string of the molecule is CCOc1ccc(C(N)C(C)(C)C(=O)OC)cc1. The number of hydrogen-bond donors (Lipinski definition) is 1. The molecule has 2 N–H and O–H groups in total. The Balaban J connectivity index is 2.89. The number of nitrogens with two attached hydrogens (primary N) is 1. The third-order valence-corrected chi connectivity index (χ3v) is 3.04. The van der Waals surface area contributed by atoms with E-state index in [2.05, 4.69) is 0 Å². The lowest BCUT2D eigenvalue weighted by Gasteiger charge is -2.29. The van der Waals surface area contributed by atoms with Crippen molar-refractivity contribution in [3.63, 3.8) is 0 Å². The topological polar surface area (TPSA) is 61.5 Å². The summed E-state index contributed by atoms with van der Waals surface area (Å²) >= 11 is 0. The van der Waals surface area contributed by atoms with E-state index in [1.165, 1.54) is 7.11 Å². The minimum absolute atomic E-state index is 0.316. The first-order valence-electron chi connectivity index (χ1n) is 6.00. The van der Waals surface area contributed by atoms with Crippen LogP contribution in [0, 0.1) is 5.41 Å². The molecule has 0 bridgehead atoms. The fraction of sp³-hybridized carbons (Fsp3) is 0.500. The number of methoxy groups -OCH3 is 1. The van der Waals surface area contributed by atoms with Crippen molar-refractivity contribution in [2.75, 3.05) is 13.7 Å². The predicted molar refractivity (Wildman–Crippen MR) is 70.3 cm³/mol. The lowest BCUT2D eigenvalue weighted by atomic mass is 9.81. The van der Waals surface area contributed by atoms with Gasteiger partial charge >= 0.3 is 5.97 Å². The van der Waals surface area contributed by atoms with E-state index < -0.39 is 11.5 Å². The molecule has 0 aliphatic carbocycles. The molecular weight excluding hydrogens is 230 g/mol. The lowest BCUT2D eigenvalue weighted by molar-refractivity contribution is -0.152. The van der Waals surface area contributed by atoms with Crippen LogP contribution < -0.4 is 10.5 Å². The molecular formula is C14H21NO3. The standard InChI is InChI=1S/C14H21NO3/c1-5-18-11-8-6-10(7-9-11)12(15)14(2,3)13(16)17-4/h6-9,12H,5,15H2,1-4H3. The van der Waals surface area contributed by atoms with Crippen molar-refractivity contribution in [1.82, 2.24) is 0 Å². The van der Waals surface area contributed by atoms with E-state index in [0.29, 0.717) is 6.61 Å². The molecule has 0 saturated heterocycles. The molecule has 100 valence electrons. The van der Waals surface area contributed by atoms with Gasteiger partial charge in [0, 0.05) is 6.04 Å². The Labute approximate surface area is 108 Å². The maximum Gasteiger partial charge on any atom is 0.313 e. The highest BCUT2D eigenvalue weighted by atomic mass is 16.5. The monoisotopic (exact) mass is 251 g/mol. The molecule has 4 heteroatoms. The average molecular weight is 251 g/mol. The summed E-state index contributed by atoms with van der Waals surface area (Å²) in [5.41, 5.74) is 6.25. The van der Waals surface area contributed by atoms with Gasteiger partial charge in [0.2, 0.25) is 0 Å². The van der Waals surface area contributed by atoms with Crippen LogP contribution in [0.15, 0.2) is 24.3 Å². The summed E-state index contributed by atoms with van der Waals surface area (Å²) in [4.78, 5) is 11.7. The Bertz CT molecular complexity index is 398. The number of esters is 1. The van der Waals surface area contributed by atoms with E-state index in [1.54, 1.807) is 13.8 Å². The van der Waals surface area contributed by atoms with Crippen molar-refractivity contribution in [2.24, 2.45) is 11.1 Å². The van der Waals surface area contributed by atoms with Crippen LogP contribution in [0.4, 0.5) is 0 Å². The highest BCUT2D eigenvalue weighted by molar-refractivity contribution is 5.77. The summed E-state index contributed by atoms with van der Waals surface area (Å²) in [5, 5.41) is 0. The third kappa shape index (κ3) is 3.01. The molecule has 0 amide bonds. The van der Waals surface area contributed by atoms with Gasteiger partial charge in [-0.15, -0.1) is 0 Å². The van der Waals surface area contributed by atoms with Crippen LogP contribution in [0.25, 0.3) is 0 Å². The van der Waals surface area contributed by atoms with Gasteiger partial charge < -0.3 is 15.2 Å². The van der Waals surface area contributed by atoms with Gasteiger partial charge in [0.25, 0.3) is 0 Å². The Hall–Kier alpha value is -1.55. The van der Waals surface area contributed by atoms with Crippen LogP contribution in [0.2, 0.25) is 0 Å². The largest absolute Gasteiger partial charge is 0.494 e. The van der Waals surface area contributed by atoms with E-state index in [-0.39, 0.29) is 5.97 Å². The van der Waals surface area contributed by atoms with Crippen LogP contribution in [0.1, 0.15) is 32.4 Å². The Morgan fingerprint density at radius 3 is 2.33 bits per heavy atom. The predicted octanol–water partition coefficient (Wildman–Crippen LogP) is 2.28. The summed E-state index contributed by atoms with van der Waals surface area (Å²) in [5.74, 6) is 0.480. The molecule has 0 aliphatic heterocycles. The van der Waals surface area contributed by atoms with Gasteiger partial charge in [0.1, 0.15) is 5.75 Å². The summed E-state index contributed by atoms with van der Waals surface area (Å²) in [6.07, 6.45) is 0. The van der Waals surface area contributed by atoms with Crippen LogP contribution in [0.5, 0.6) is 5.75 Å². The number of hydrogen-bond acceptors (Lipinski definition) is 4. The first-order chi connectivity index (χ1) is 8.43. The van der Waals surface area contributed by atoms with Crippen LogP contribution in [0.3, 0.4) is 0 Å². The molecule has 0 heterocycles. The van der Waals surface area contributed by atoms with Gasteiger partial charge in [-0.1, -0.05) is 12.1 Å². The summed E-state index contributed by atoms with van der Waals surface area (Å²) < 4.78 is 10.1. The van der Waals surface area contributed by atoms with Gasteiger partial charge in [0.15, 0.2) is 0 Å². The number of carbonyl (C=O) groups excluding carboxylic acids is 1. The molecule has 0 radical (unpaired) electrons. The van der Waals surface area contributed by atoms with Crippen molar-refractivity contribution in [3.8, 4) is 5.75 Å². The van der Waals surface area contributed by atoms with Crippen molar-refractivity contribution >= 4 is 5.97 Å². The van der Waals surface area contributed by atoms with Crippen molar-refractivity contribution in [2.45, 2.75) is 26.8 Å². The molecule has 1 rings (SSSR count). The summed E-state index contributed by atoms with van der Waals surface area (Å²) in [7, 11) is 1.37. The number of carbonyl (C=O) groups is 1. The maximum atomic E-state index is 11.7. The molecule has 18 heavy (non-hydrogen) atoms. The Morgan fingerprint density at radius 2 is 1.89 bits per heavy atom. The van der Waals surface area contributed by atoms with E-state index in [1.807, 2.05) is 31.2 Å². The highest BCUT2D eigenvalue weighted by Gasteiger charge is 2.36. The van der Waals surface area contributed by atoms with E-state index in [9.17, 15) is 4.79 Å². The zero-order chi connectivity index (χ0) is 13.8. The minimum Gasteiger partial charge on any atom is -0.494 e. The Kier molecular flexibility index (Phi) is 4.73. The van der Waals surface area contributed by atoms with Gasteiger partial charge in [-0.3, -0.25) is 4.79 Å². The molecule has 0 fully saturated rings. The smallest absolute Gasteiger partial charge is 0.313 e. The van der Waals surface area contributed by atoms with Crippen LogP contribution >= 0.6 is 0 Å². The first-order valence-corrected chi connectivity index (χ1v) is 6.00. The molecule has 1 unspecified atom stereocenters. The second kappa shape index (κ2) is 5.87. The summed E-state index contributed by atoms with van der Waals surface area (Å²) in [6.45, 7) is 6.11. The normalized spacial score (nSPS) is 12.9. The zero-order valence-electron chi connectivity index (χ0n) is 11.4. The fourth-order valence-electron chi connectivity index (χ4n) is 1.74. The third-order valence-electron chi connectivity index (χ3n) is 3.04. The number of benzene rings is 1. The minimum atomic E-state index is -0.762. The molecule has 1 atom stereocenters. The second-order valence-electron chi connectivity index (χ2n) is 4.69. The molecule has 1 aromatic carbocycles. The number of ether oxygens (including phenoxy) is 2. The highest BCUT2D eigenvalue weighted by Crippen LogP contribution is 2.33. The van der Waals surface area contributed by atoms with Crippen LogP contribution in [-0.2, 0) is 9.53 Å². The van der Waals surface area contributed by atoms with Crippen LogP contribution in [-0.4, -0.2) is 19.7 Å². The summed E-state index contributed by atoms with van der Waals surface area (Å²) in [6, 6.07) is 7.04.